The zero-order valence-electron chi connectivity index (χ0n) is 10.3. The molecule has 0 saturated carbocycles. The molecule has 0 fully saturated rings. The SMILES string of the molecule is Cc1cc(Br)ccc1NS(=O)(=O)c1ccc(Br)cc1Br. The van der Waals surface area contributed by atoms with E-state index in [9.17, 15) is 8.42 Å². The molecule has 0 aliphatic rings. The van der Waals surface area contributed by atoms with Crippen molar-refractivity contribution >= 4 is 63.5 Å². The largest absolute Gasteiger partial charge is 0.279 e. The van der Waals surface area contributed by atoms with E-state index >= 15 is 0 Å². The lowest BCUT2D eigenvalue weighted by Crippen LogP contribution is -2.14. The molecule has 0 aliphatic heterocycles. The van der Waals surface area contributed by atoms with Crippen LogP contribution in [0.1, 0.15) is 5.56 Å². The first-order chi connectivity index (χ1) is 9.29. The van der Waals surface area contributed by atoms with Crippen molar-refractivity contribution in [3.05, 3.63) is 55.4 Å². The molecule has 0 atom stereocenters. The van der Waals surface area contributed by atoms with Crippen LogP contribution in [-0.2, 0) is 10.0 Å². The number of aryl methyl sites for hydroxylation is 1. The Morgan fingerprint density at radius 2 is 1.55 bits per heavy atom. The van der Waals surface area contributed by atoms with Crippen LogP contribution < -0.4 is 4.72 Å². The Morgan fingerprint density at radius 3 is 2.15 bits per heavy atom. The van der Waals surface area contributed by atoms with Crippen molar-refractivity contribution in [3.63, 3.8) is 0 Å². The molecule has 0 aliphatic carbocycles. The first-order valence-electron chi connectivity index (χ1n) is 5.53. The lowest BCUT2D eigenvalue weighted by atomic mass is 10.2. The molecule has 0 bridgehead atoms. The van der Waals surface area contributed by atoms with Gasteiger partial charge in [0.2, 0.25) is 0 Å². The van der Waals surface area contributed by atoms with Gasteiger partial charge in [0.1, 0.15) is 4.90 Å². The maximum Gasteiger partial charge on any atom is 0.263 e. The van der Waals surface area contributed by atoms with E-state index in [1.807, 2.05) is 13.0 Å². The average molecular weight is 484 g/mol. The molecule has 0 spiro atoms. The summed E-state index contributed by atoms with van der Waals surface area (Å²) in [6.45, 7) is 1.85. The van der Waals surface area contributed by atoms with Gasteiger partial charge in [-0.25, -0.2) is 8.42 Å². The van der Waals surface area contributed by atoms with Crippen molar-refractivity contribution in [1.29, 1.82) is 0 Å². The number of sulfonamides is 1. The van der Waals surface area contributed by atoms with Gasteiger partial charge in [-0.05, 0) is 64.8 Å². The topological polar surface area (TPSA) is 46.2 Å². The fourth-order valence-electron chi connectivity index (χ4n) is 1.63. The highest BCUT2D eigenvalue weighted by Crippen LogP contribution is 2.28. The summed E-state index contributed by atoms with van der Waals surface area (Å²) in [4.78, 5) is 0.197. The Kier molecular flexibility index (Phi) is 4.94. The van der Waals surface area contributed by atoms with E-state index in [1.165, 1.54) is 0 Å². The van der Waals surface area contributed by atoms with Gasteiger partial charge in [0, 0.05) is 13.4 Å². The summed E-state index contributed by atoms with van der Waals surface area (Å²) >= 11 is 9.92. The Morgan fingerprint density at radius 1 is 0.950 bits per heavy atom. The maximum atomic E-state index is 12.4. The minimum atomic E-state index is -3.63. The van der Waals surface area contributed by atoms with Gasteiger partial charge < -0.3 is 0 Å². The summed E-state index contributed by atoms with van der Waals surface area (Å²) in [5.74, 6) is 0. The van der Waals surface area contributed by atoms with Gasteiger partial charge in [0.25, 0.3) is 10.0 Å². The van der Waals surface area contributed by atoms with Crippen molar-refractivity contribution in [2.24, 2.45) is 0 Å². The third kappa shape index (κ3) is 3.63. The van der Waals surface area contributed by atoms with Crippen molar-refractivity contribution in [2.75, 3.05) is 4.72 Å². The second-order valence-electron chi connectivity index (χ2n) is 4.14. The van der Waals surface area contributed by atoms with E-state index in [4.69, 9.17) is 0 Å². The van der Waals surface area contributed by atoms with Crippen LogP contribution in [0.3, 0.4) is 0 Å². The highest BCUT2D eigenvalue weighted by atomic mass is 79.9. The van der Waals surface area contributed by atoms with Crippen LogP contribution in [0.4, 0.5) is 5.69 Å². The number of benzene rings is 2. The quantitative estimate of drug-likeness (QED) is 0.661. The summed E-state index contributed by atoms with van der Waals surface area (Å²) in [6, 6.07) is 10.3. The monoisotopic (exact) mass is 481 g/mol. The van der Waals surface area contributed by atoms with E-state index in [-0.39, 0.29) is 4.90 Å². The lowest BCUT2D eigenvalue weighted by molar-refractivity contribution is 0.600. The molecule has 1 N–H and O–H groups in total. The summed E-state index contributed by atoms with van der Waals surface area (Å²) in [5.41, 5.74) is 1.40. The Hall–Kier alpha value is -0.370. The van der Waals surface area contributed by atoms with Gasteiger partial charge in [0.15, 0.2) is 0 Å². The van der Waals surface area contributed by atoms with Crippen LogP contribution in [0.5, 0.6) is 0 Å². The third-order valence-corrected chi connectivity index (χ3v) is 5.94. The molecule has 0 saturated heterocycles. The molecule has 2 aromatic carbocycles. The van der Waals surface area contributed by atoms with Crippen molar-refractivity contribution in [2.45, 2.75) is 11.8 Å². The van der Waals surface area contributed by atoms with Gasteiger partial charge in [-0.1, -0.05) is 31.9 Å². The zero-order valence-corrected chi connectivity index (χ0v) is 15.9. The van der Waals surface area contributed by atoms with Crippen LogP contribution in [0.2, 0.25) is 0 Å². The number of hydrogen-bond donors (Lipinski definition) is 1. The predicted molar refractivity (Wildman–Crippen MR) is 91.5 cm³/mol. The molecule has 106 valence electrons. The molecule has 7 heteroatoms. The minimum absolute atomic E-state index is 0.197. The number of rotatable bonds is 3. The van der Waals surface area contributed by atoms with Gasteiger partial charge >= 0.3 is 0 Å². The average Bonchev–Trinajstić information content (AvgIpc) is 2.32. The maximum absolute atomic E-state index is 12.4. The molecule has 2 rings (SSSR count). The smallest absolute Gasteiger partial charge is 0.263 e. The van der Waals surface area contributed by atoms with E-state index in [0.29, 0.717) is 10.2 Å². The number of anilines is 1. The normalized spacial score (nSPS) is 11.4. The molecule has 0 amide bonds. The molecule has 20 heavy (non-hydrogen) atoms. The van der Waals surface area contributed by atoms with Gasteiger partial charge in [-0.2, -0.15) is 0 Å². The third-order valence-electron chi connectivity index (χ3n) is 2.62. The Balaban J connectivity index is 2.41. The summed E-state index contributed by atoms with van der Waals surface area (Å²) in [7, 11) is -3.63. The van der Waals surface area contributed by atoms with Crippen molar-refractivity contribution in [3.8, 4) is 0 Å². The predicted octanol–water partition coefficient (Wildman–Crippen LogP) is 5.08. The standard InChI is InChI=1S/C13H10Br3NO2S/c1-8-6-9(14)2-4-12(8)17-20(18,19)13-5-3-10(15)7-11(13)16/h2-7,17H,1H3. The van der Waals surface area contributed by atoms with Crippen LogP contribution in [0, 0.1) is 6.92 Å². The highest BCUT2D eigenvalue weighted by molar-refractivity contribution is 9.11. The van der Waals surface area contributed by atoms with E-state index < -0.39 is 10.0 Å². The second kappa shape index (κ2) is 6.17. The van der Waals surface area contributed by atoms with Crippen LogP contribution in [0.15, 0.2) is 54.7 Å². The summed E-state index contributed by atoms with van der Waals surface area (Å²) in [5, 5.41) is 0. The Labute approximate surface area is 143 Å². The number of halogens is 3. The number of hydrogen-bond acceptors (Lipinski definition) is 2. The van der Waals surface area contributed by atoms with Crippen LogP contribution in [-0.4, -0.2) is 8.42 Å². The second-order valence-corrected chi connectivity index (χ2v) is 8.48. The molecular formula is C13H10Br3NO2S. The minimum Gasteiger partial charge on any atom is -0.279 e. The van der Waals surface area contributed by atoms with Crippen LogP contribution >= 0.6 is 47.8 Å². The first-order valence-corrected chi connectivity index (χ1v) is 9.40. The molecule has 0 aromatic heterocycles. The molecule has 2 aromatic rings. The number of nitrogens with one attached hydrogen (secondary N) is 1. The van der Waals surface area contributed by atoms with E-state index in [0.717, 1.165) is 14.5 Å². The van der Waals surface area contributed by atoms with Gasteiger partial charge in [-0.15, -0.1) is 0 Å². The van der Waals surface area contributed by atoms with Gasteiger partial charge in [0.05, 0.1) is 5.69 Å². The molecular weight excluding hydrogens is 474 g/mol. The lowest BCUT2D eigenvalue weighted by Gasteiger charge is -2.12. The molecule has 0 radical (unpaired) electrons. The van der Waals surface area contributed by atoms with Gasteiger partial charge in [-0.3, -0.25) is 4.72 Å². The van der Waals surface area contributed by atoms with E-state index in [2.05, 4.69) is 52.5 Å². The Bertz CT molecular complexity index is 760. The fourth-order valence-corrected chi connectivity index (χ4v) is 4.99. The first kappa shape index (κ1) is 16.0. The fraction of sp³-hybridized carbons (Fsp3) is 0.0769. The summed E-state index contributed by atoms with van der Waals surface area (Å²) < 4.78 is 29.6. The van der Waals surface area contributed by atoms with Crippen molar-refractivity contribution in [1.82, 2.24) is 0 Å². The zero-order chi connectivity index (χ0) is 14.9. The van der Waals surface area contributed by atoms with Crippen molar-refractivity contribution < 1.29 is 8.42 Å². The molecule has 0 unspecified atom stereocenters. The summed E-state index contributed by atoms with van der Waals surface area (Å²) in [6.07, 6.45) is 0. The molecule has 0 heterocycles. The van der Waals surface area contributed by atoms with Crippen LogP contribution in [0.25, 0.3) is 0 Å². The molecule has 3 nitrogen and oxygen atoms in total. The highest BCUT2D eigenvalue weighted by Gasteiger charge is 2.18. The van der Waals surface area contributed by atoms with E-state index in [1.54, 1.807) is 30.3 Å².